The predicted octanol–water partition coefficient (Wildman–Crippen LogP) is 3.62. The molecule has 0 aromatic rings. The van der Waals surface area contributed by atoms with E-state index in [1.807, 2.05) is 0 Å². The maximum absolute atomic E-state index is 12.8. The minimum absolute atomic E-state index is 0.111. The summed E-state index contributed by atoms with van der Waals surface area (Å²) in [7, 11) is 0. The summed E-state index contributed by atoms with van der Waals surface area (Å²) in [6.07, 6.45) is 8.68. The molecule has 5 aliphatic rings. The summed E-state index contributed by atoms with van der Waals surface area (Å²) in [5, 5.41) is 0. The molecule has 5 fully saturated rings. The Bertz CT molecular complexity index is 472. The van der Waals surface area contributed by atoms with Crippen molar-refractivity contribution in [1.29, 1.82) is 0 Å². The molecule has 0 aliphatic heterocycles. The lowest BCUT2D eigenvalue weighted by Gasteiger charge is -2.58. The number of hydrogen-bond acceptors (Lipinski definition) is 3. The zero-order valence-electron chi connectivity index (χ0n) is 12.4. The lowest BCUT2D eigenvalue weighted by atomic mass is 9.49. The number of ether oxygens (including phenoxy) is 1. The Morgan fingerprint density at radius 2 is 1.86 bits per heavy atom. The molecule has 5 aliphatic carbocycles. The van der Waals surface area contributed by atoms with E-state index in [0.29, 0.717) is 24.7 Å². The van der Waals surface area contributed by atoms with Crippen LogP contribution < -0.4 is 0 Å². The Hall–Kier alpha value is -0.570. The monoisotopic (exact) mass is 310 g/mol. The Kier molecular flexibility index (Phi) is 3.15. The van der Waals surface area contributed by atoms with E-state index in [2.05, 4.69) is 0 Å². The van der Waals surface area contributed by atoms with E-state index in [9.17, 15) is 9.59 Å². The minimum Gasteiger partial charge on any atom is -0.454 e. The molecule has 0 N–H and O–H groups in total. The van der Waals surface area contributed by atoms with Crippen LogP contribution in [0, 0.1) is 17.3 Å². The number of carbonyl (C=O) groups excluding carboxylic acids is 2. The van der Waals surface area contributed by atoms with Crippen LogP contribution in [-0.4, -0.2) is 22.7 Å². The molecule has 5 saturated carbocycles. The molecule has 0 spiro atoms. The summed E-state index contributed by atoms with van der Waals surface area (Å²) in [6, 6.07) is 0. The van der Waals surface area contributed by atoms with Gasteiger partial charge in [-0.15, -0.1) is 11.6 Å². The molecular formula is C17H23ClO3. The number of Topliss-reactive ketones (excluding diaryl/α,β-unsaturated/α-hetero) is 1. The average molecular weight is 311 g/mol. The topological polar surface area (TPSA) is 43.4 Å². The van der Waals surface area contributed by atoms with E-state index in [1.165, 1.54) is 6.42 Å². The molecule has 0 radical (unpaired) electrons. The van der Waals surface area contributed by atoms with E-state index >= 15 is 0 Å². The normalized spacial score (nSPS) is 48.4. The van der Waals surface area contributed by atoms with Gasteiger partial charge in [-0.1, -0.05) is 0 Å². The van der Waals surface area contributed by atoms with Gasteiger partial charge in [-0.3, -0.25) is 9.59 Å². The second-order valence-electron chi connectivity index (χ2n) is 8.00. The van der Waals surface area contributed by atoms with E-state index in [0.717, 1.165) is 44.9 Å². The summed E-state index contributed by atoms with van der Waals surface area (Å²) in [5.41, 5.74) is -0.385. The number of ketones is 1. The van der Waals surface area contributed by atoms with Gasteiger partial charge in [-0.25, -0.2) is 0 Å². The smallest absolute Gasteiger partial charge is 0.312 e. The van der Waals surface area contributed by atoms with Gasteiger partial charge in [0.1, 0.15) is 0 Å². The highest BCUT2D eigenvalue weighted by Crippen LogP contribution is 2.64. The zero-order chi connectivity index (χ0) is 14.7. The summed E-state index contributed by atoms with van der Waals surface area (Å²) >= 11 is 6.76. The third kappa shape index (κ3) is 2.32. The van der Waals surface area contributed by atoms with E-state index in [1.54, 1.807) is 0 Å². The summed E-state index contributed by atoms with van der Waals surface area (Å²) in [5.74, 6) is 1.15. The molecule has 3 nitrogen and oxygen atoms in total. The van der Waals surface area contributed by atoms with Crippen molar-refractivity contribution in [3.05, 3.63) is 0 Å². The number of carbonyl (C=O) groups is 2. The highest BCUT2D eigenvalue weighted by molar-refractivity contribution is 6.24. The van der Waals surface area contributed by atoms with Crippen molar-refractivity contribution in [2.45, 2.75) is 75.2 Å². The summed E-state index contributed by atoms with van der Waals surface area (Å²) < 4.78 is 5.69. The van der Waals surface area contributed by atoms with Crippen LogP contribution in [0.3, 0.4) is 0 Å². The molecule has 4 bridgehead atoms. The molecule has 0 saturated heterocycles. The molecule has 0 unspecified atom stereocenters. The average Bonchev–Trinajstić information content (AvgIpc) is 2.38. The lowest BCUT2D eigenvalue weighted by molar-refractivity contribution is -0.178. The fraction of sp³-hybridized carbons (Fsp3) is 0.882. The maximum Gasteiger partial charge on any atom is 0.312 e. The first-order chi connectivity index (χ1) is 9.98. The van der Waals surface area contributed by atoms with Crippen molar-refractivity contribution in [1.82, 2.24) is 0 Å². The van der Waals surface area contributed by atoms with Gasteiger partial charge in [-0.2, -0.15) is 0 Å². The first-order valence-electron chi connectivity index (χ1n) is 8.41. The summed E-state index contributed by atoms with van der Waals surface area (Å²) in [6.45, 7) is 0. The van der Waals surface area contributed by atoms with Crippen molar-refractivity contribution in [2.24, 2.45) is 17.3 Å². The summed E-state index contributed by atoms with van der Waals surface area (Å²) in [4.78, 5) is 24.6. The SMILES string of the molecule is O=C1CCCC[C@@H]1OC(=O)C12C[C@H]3C[C@@H](CC(Cl)(C3)C1)C2. The van der Waals surface area contributed by atoms with Crippen LogP contribution in [0.4, 0.5) is 0 Å². The Morgan fingerprint density at radius 1 is 1.14 bits per heavy atom. The molecule has 5 rings (SSSR count). The van der Waals surface area contributed by atoms with Crippen LogP contribution in [0.15, 0.2) is 0 Å². The Labute approximate surface area is 130 Å². The first kappa shape index (κ1) is 14.0. The molecule has 4 heteroatoms. The Morgan fingerprint density at radius 3 is 2.48 bits per heavy atom. The molecule has 21 heavy (non-hydrogen) atoms. The van der Waals surface area contributed by atoms with Crippen LogP contribution in [0.1, 0.15) is 64.2 Å². The van der Waals surface area contributed by atoms with Crippen molar-refractivity contribution in [3.63, 3.8) is 0 Å². The third-order valence-corrected chi connectivity index (χ3v) is 6.61. The largest absolute Gasteiger partial charge is 0.454 e. The highest BCUT2D eigenvalue weighted by Gasteiger charge is 2.61. The predicted molar refractivity (Wildman–Crippen MR) is 79.1 cm³/mol. The van der Waals surface area contributed by atoms with Gasteiger partial charge < -0.3 is 4.74 Å². The van der Waals surface area contributed by atoms with Crippen LogP contribution in [0.25, 0.3) is 0 Å². The molecule has 0 heterocycles. The van der Waals surface area contributed by atoms with Gasteiger partial charge in [0.15, 0.2) is 11.9 Å². The van der Waals surface area contributed by atoms with Gasteiger partial charge in [0.2, 0.25) is 0 Å². The Balaban J connectivity index is 1.52. The molecular weight excluding hydrogens is 288 g/mol. The van der Waals surface area contributed by atoms with Crippen molar-refractivity contribution < 1.29 is 14.3 Å². The van der Waals surface area contributed by atoms with Crippen molar-refractivity contribution in [2.75, 3.05) is 0 Å². The number of hydrogen-bond donors (Lipinski definition) is 0. The van der Waals surface area contributed by atoms with Gasteiger partial charge >= 0.3 is 5.97 Å². The van der Waals surface area contributed by atoms with Gasteiger partial charge in [0.25, 0.3) is 0 Å². The molecule has 0 aromatic carbocycles. The van der Waals surface area contributed by atoms with E-state index in [4.69, 9.17) is 16.3 Å². The van der Waals surface area contributed by atoms with Gasteiger partial charge in [0, 0.05) is 11.3 Å². The second kappa shape index (κ2) is 4.71. The number of esters is 1. The molecule has 3 atom stereocenters. The highest BCUT2D eigenvalue weighted by atomic mass is 35.5. The number of halogens is 1. The molecule has 116 valence electrons. The van der Waals surface area contributed by atoms with Crippen molar-refractivity contribution >= 4 is 23.4 Å². The zero-order valence-corrected chi connectivity index (χ0v) is 13.2. The quantitative estimate of drug-likeness (QED) is 0.578. The fourth-order valence-corrected chi connectivity index (χ4v) is 6.41. The third-order valence-electron chi connectivity index (χ3n) is 6.17. The fourth-order valence-electron chi connectivity index (χ4n) is 5.72. The van der Waals surface area contributed by atoms with Crippen LogP contribution in [0.5, 0.6) is 0 Å². The standard InChI is InChI=1S/C17H23ClO3/c18-17-8-11-5-12(9-17)7-16(6-11,10-17)15(20)21-14-4-2-1-3-13(14)19/h11-12,14H,1-10H2/t11-,12-,14+,16?,17?/m1/s1. The first-order valence-corrected chi connectivity index (χ1v) is 8.79. The maximum atomic E-state index is 12.8. The number of rotatable bonds is 2. The van der Waals surface area contributed by atoms with Crippen LogP contribution in [0.2, 0.25) is 0 Å². The minimum atomic E-state index is -0.481. The van der Waals surface area contributed by atoms with E-state index in [-0.39, 0.29) is 22.0 Å². The van der Waals surface area contributed by atoms with Gasteiger partial charge in [0.05, 0.1) is 5.41 Å². The van der Waals surface area contributed by atoms with E-state index < -0.39 is 6.10 Å². The van der Waals surface area contributed by atoms with Crippen LogP contribution >= 0.6 is 11.6 Å². The van der Waals surface area contributed by atoms with Crippen LogP contribution in [-0.2, 0) is 14.3 Å². The van der Waals surface area contributed by atoms with Crippen molar-refractivity contribution in [3.8, 4) is 0 Å². The lowest BCUT2D eigenvalue weighted by Crippen LogP contribution is -2.57. The molecule has 0 aromatic heterocycles. The number of alkyl halides is 1. The second-order valence-corrected chi connectivity index (χ2v) is 8.80. The molecule has 0 amide bonds. The van der Waals surface area contributed by atoms with Gasteiger partial charge in [-0.05, 0) is 69.6 Å².